The lowest BCUT2D eigenvalue weighted by Crippen LogP contribution is -2.15. The number of hydrogen-bond donors (Lipinski definition) is 0. The Labute approximate surface area is 108 Å². The summed E-state index contributed by atoms with van der Waals surface area (Å²) in [7, 11) is 0. The van der Waals surface area contributed by atoms with Crippen LogP contribution in [0.3, 0.4) is 0 Å². The molecule has 0 heterocycles. The van der Waals surface area contributed by atoms with Crippen LogP contribution in [0.15, 0.2) is 24.3 Å². The first-order valence-corrected chi connectivity index (χ1v) is 6.39. The van der Waals surface area contributed by atoms with Crippen molar-refractivity contribution >= 4 is 11.8 Å². The van der Waals surface area contributed by atoms with Gasteiger partial charge < -0.3 is 4.74 Å². The number of carbonyl (C=O) groups excluding carboxylic acids is 2. The predicted octanol–water partition coefficient (Wildman–Crippen LogP) is 3.62. The molecule has 0 saturated carbocycles. The van der Waals surface area contributed by atoms with E-state index in [0.717, 1.165) is 12.8 Å². The molecule has 0 N–H and O–H groups in total. The summed E-state index contributed by atoms with van der Waals surface area (Å²) in [5, 5.41) is 0. The monoisotopic (exact) mass is 248 g/mol. The van der Waals surface area contributed by atoms with E-state index in [-0.39, 0.29) is 11.9 Å². The van der Waals surface area contributed by atoms with Gasteiger partial charge in [-0.05, 0) is 26.3 Å². The molecule has 0 bridgehead atoms. The van der Waals surface area contributed by atoms with Gasteiger partial charge in [0.1, 0.15) is 0 Å². The van der Waals surface area contributed by atoms with Crippen LogP contribution in [0.1, 0.15) is 60.7 Å². The Morgan fingerprint density at radius 3 is 2.33 bits per heavy atom. The highest BCUT2D eigenvalue weighted by Gasteiger charge is 2.17. The number of rotatable bonds is 6. The van der Waals surface area contributed by atoms with Gasteiger partial charge in [0, 0.05) is 12.0 Å². The Kier molecular flexibility index (Phi) is 5.56. The lowest BCUT2D eigenvalue weighted by Gasteiger charge is -2.11. The predicted molar refractivity (Wildman–Crippen MR) is 70.8 cm³/mol. The van der Waals surface area contributed by atoms with E-state index < -0.39 is 5.97 Å². The molecule has 0 aliphatic rings. The molecule has 0 amide bonds. The zero-order valence-corrected chi connectivity index (χ0v) is 11.2. The minimum Gasteiger partial charge on any atom is -0.459 e. The smallest absolute Gasteiger partial charge is 0.339 e. The molecular formula is C15H20O3. The normalized spacial score (nSPS) is 10.4. The summed E-state index contributed by atoms with van der Waals surface area (Å²) in [5.41, 5.74) is 0.837. The minimum atomic E-state index is -0.426. The zero-order chi connectivity index (χ0) is 13.5. The van der Waals surface area contributed by atoms with Crippen LogP contribution in [0.5, 0.6) is 0 Å². The van der Waals surface area contributed by atoms with Crippen molar-refractivity contribution in [3.05, 3.63) is 35.4 Å². The Balaban J connectivity index is 2.92. The van der Waals surface area contributed by atoms with E-state index in [4.69, 9.17) is 4.74 Å². The van der Waals surface area contributed by atoms with Crippen molar-refractivity contribution < 1.29 is 14.3 Å². The molecule has 3 heteroatoms. The summed E-state index contributed by atoms with van der Waals surface area (Å²) in [4.78, 5) is 23.9. The van der Waals surface area contributed by atoms with Gasteiger partial charge in [-0.2, -0.15) is 0 Å². The van der Waals surface area contributed by atoms with Crippen LogP contribution in [0, 0.1) is 0 Å². The second-order valence-corrected chi connectivity index (χ2v) is 4.53. The second-order valence-electron chi connectivity index (χ2n) is 4.53. The molecule has 0 aliphatic heterocycles. The highest BCUT2D eigenvalue weighted by atomic mass is 16.5. The summed E-state index contributed by atoms with van der Waals surface area (Å²) in [6.07, 6.45) is 2.09. The van der Waals surface area contributed by atoms with E-state index in [1.165, 1.54) is 0 Å². The van der Waals surface area contributed by atoms with Gasteiger partial charge >= 0.3 is 5.97 Å². The number of ether oxygens (including phenoxy) is 1. The molecule has 0 spiro atoms. The lowest BCUT2D eigenvalue weighted by molar-refractivity contribution is 0.0375. The maximum atomic E-state index is 12.0. The molecule has 0 unspecified atom stereocenters. The van der Waals surface area contributed by atoms with E-state index in [0.29, 0.717) is 17.5 Å². The molecule has 1 rings (SSSR count). The summed E-state index contributed by atoms with van der Waals surface area (Å²) >= 11 is 0. The van der Waals surface area contributed by atoms with Crippen LogP contribution in [-0.4, -0.2) is 17.9 Å². The minimum absolute atomic E-state index is 0.00755. The highest BCUT2D eigenvalue weighted by Crippen LogP contribution is 2.15. The van der Waals surface area contributed by atoms with E-state index in [9.17, 15) is 9.59 Å². The van der Waals surface area contributed by atoms with Crippen LogP contribution < -0.4 is 0 Å². The molecule has 0 fully saturated rings. The topological polar surface area (TPSA) is 43.4 Å². The van der Waals surface area contributed by atoms with Crippen molar-refractivity contribution in [2.45, 2.75) is 46.1 Å². The third kappa shape index (κ3) is 3.99. The first kappa shape index (κ1) is 14.4. The van der Waals surface area contributed by atoms with E-state index >= 15 is 0 Å². The van der Waals surface area contributed by atoms with E-state index in [1.54, 1.807) is 38.1 Å². The fraction of sp³-hybridized carbons (Fsp3) is 0.467. The highest BCUT2D eigenvalue weighted by molar-refractivity contribution is 6.06. The molecule has 0 atom stereocenters. The average molecular weight is 248 g/mol. The van der Waals surface area contributed by atoms with Crippen molar-refractivity contribution in [1.29, 1.82) is 0 Å². The molecule has 1 aromatic rings. The summed E-state index contributed by atoms with van der Waals surface area (Å²) in [5.74, 6) is -0.418. The van der Waals surface area contributed by atoms with Gasteiger partial charge in [0.05, 0.1) is 11.7 Å². The number of Topliss-reactive ketones (excluding diaryl/α,β-unsaturated/α-hetero) is 1. The Hall–Kier alpha value is -1.64. The third-order valence-electron chi connectivity index (χ3n) is 2.55. The van der Waals surface area contributed by atoms with Crippen LogP contribution in [-0.2, 0) is 4.74 Å². The second kappa shape index (κ2) is 6.94. The van der Waals surface area contributed by atoms with Gasteiger partial charge in [-0.3, -0.25) is 4.79 Å². The van der Waals surface area contributed by atoms with E-state index in [2.05, 4.69) is 0 Å². The van der Waals surface area contributed by atoms with Gasteiger partial charge in [0.25, 0.3) is 0 Å². The number of ketones is 1. The van der Waals surface area contributed by atoms with Gasteiger partial charge in [-0.1, -0.05) is 31.5 Å². The zero-order valence-electron chi connectivity index (χ0n) is 11.2. The fourth-order valence-electron chi connectivity index (χ4n) is 1.65. The molecule has 0 aliphatic carbocycles. The number of carbonyl (C=O) groups is 2. The number of unbranched alkanes of at least 4 members (excludes halogenated alkanes) is 1. The van der Waals surface area contributed by atoms with Crippen LogP contribution >= 0.6 is 0 Å². The Bertz CT molecular complexity index is 422. The molecule has 0 aromatic heterocycles. The Morgan fingerprint density at radius 1 is 1.17 bits per heavy atom. The van der Waals surface area contributed by atoms with Crippen molar-refractivity contribution in [2.75, 3.05) is 0 Å². The summed E-state index contributed by atoms with van der Waals surface area (Å²) < 4.78 is 5.14. The maximum absolute atomic E-state index is 12.0. The Morgan fingerprint density at radius 2 is 1.78 bits per heavy atom. The van der Waals surface area contributed by atoms with Gasteiger partial charge in [-0.25, -0.2) is 4.79 Å². The third-order valence-corrected chi connectivity index (χ3v) is 2.55. The van der Waals surface area contributed by atoms with Gasteiger partial charge in [0.2, 0.25) is 0 Å². The van der Waals surface area contributed by atoms with E-state index in [1.807, 2.05) is 6.92 Å². The quantitative estimate of drug-likeness (QED) is 0.570. The first-order chi connectivity index (χ1) is 8.56. The van der Waals surface area contributed by atoms with Crippen LogP contribution in [0.2, 0.25) is 0 Å². The molecule has 0 saturated heterocycles. The average Bonchev–Trinajstić information content (AvgIpc) is 2.35. The molecular weight excluding hydrogens is 228 g/mol. The molecule has 0 radical (unpaired) electrons. The lowest BCUT2D eigenvalue weighted by atomic mass is 10.00. The SMILES string of the molecule is CCCCC(=O)c1ccccc1C(=O)OC(C)C. The standard InChI is InChI=1S/C15H20O3/c1-4-5-10-14(16)12-8-6-7-9-13(12)15(17)18-11(2)3/h6-9,11H,4-5,10H2,1-3H3. The fourth-order valence-corrected chi connectivity index (χ4v) is 1.65. The number of hydrogen-bond acceptors (Lipinski definition) is 3. The van der Waals surface area contributed by atoms with Crippen molar-refractivity contribution in [3.8, 4) is 0 Å². The van der Waals surface area contributed by atoms with Gasteiger partial charge in [0.15, 0.2) is 5.78 Å². The maximum Gasteiger partial charge on any atom is 0.339 e. The number of esters is 1. The van der Waals surface area contributed by atoms with Gasteiger partial charge in [-0.15, -0.1) is 0 Å². The summed E-state index contributed by atoms with van der Waals surface area (Å²) in [6, 6.07) is 6.84. The van der Waals surface area contributed by atoms with Crippen LogP contribution in [0.25, 0.3) is 0 Å². The molecule has 3 nitrogen and oxygen atoms in total. The largest absolute Gasteiger partial charge is 0.459 e. The molecule has 18 heavy (non-hydrogen) atoms. The molecule has 98 valence electrons. The number of benzene rings is 1. The molecule has 1 aromatic carbocycles. The van der Waals surface area contributed by atoms with Crippen LogP contribution in [0.4, 0.5) is 0 Å². The van der Waals surface area contributed by atoms with Crippen molar-refractivity contribution in [2.24, 2.45) is 0 Å². The summed E-state index contributed by atoms with van der Waals surface area (Å²) in [6.45, 7) is 5.62. The van der Waals surface area contributed by atoms with Crippen molar-refractivity contribution in [3.63, 3.8) is 0 Å². The first-order valence-electron chi connectivity index (χ1n) is 6.39. The van der Waals surface area contributed by atoms with Crippen molar-refractivity contribution in [1.82, 2.24) is 0 Å².